The van der Waals surface area contributed by atoms with Crippen molar-refractivity contribution in [3.05, 3.63) is 179 Å². The largest absolute Gasteiger partial charge is 0.256 e. The van der Waals surface area contributed by atoms with Gasteiger partial charge in [-0.05, 0) is 124 Å². The molecule has 2 aromatic heterocycles. The number of rotatable bonds is 11. The Kier molecular flexibility index (Phi) is 11.6. The summed E-state index contributed by atoms with van der Waals surface area (Å²) in [5.41, 5.74) is 19.9. The molecule has 1 saturated carbocycles. The fourth-order valence-corrected chi connectivity index (χ4v) is 8.72. The van der Waals surface area contributed by atoms with Gasteiger partial charge in [-0.15, -0.1) is 0 Å². The number of pyridine rings is 2. The van der Waals surface area contributed by atoms with Crippen molar-refractivity contribution in [1.29, 1.82) is 0 Å². The van der Waals surface area contributed by atoms with E-state index in [1.807, 2.05) is 6.20 Å². The maximum Gasteiger partial charge on any atom is 0.0708 e. The monoisotopic (exact) mass is 744 g/mol. The Morgan fingerprint density at radius 3 is 1.75 bits per heavy atom. The number of aromatic nitrogens is 2. The zero-order valence-electron chi connectivity index (χ0n) is 34.4. The maximum atomic E-state index is 5.00. The molecule has 57 heavy (non-hydrogen) atoms. The predicted molar refractivity (Wildman–Crippen MR) is 242 cm³/mol. The minimum Gasteiger partial charge on any atom is -0.256 e. The van der Waals surface area contributed by atoms with Crippen LogP contribution in [-0.2, 0) is 12.8 Å². The zero-order chi connectivity index (χ0) is 39.3. The van der Waals surface area contributed by atoms with Crippen LogP contribution in [0.25, 0.3) is 55.9 Å². The van der Waals surface area contributed by atoms with E-state index in [-0.39, 0.29) is 0 Å². The highest BCUT2D eigenvalue weighted by molar-refractivity contribution is 5.85. The molecule has 5 aromatic carbocycles. The highest BCUT2D eigenvalue weighted by atomic mass is 14.7. The summed E-state index contributed by atoms with van der Waals surface area (Å²) in [4.78, 5) is 9.72. The highest BCUT2D eigenvalue weighted by Crippen LogP contribution is 2.38. The Labute approximate surface area is 341 Å². The third-order valence-electron chi connectivity index (χ3n) is 12.1. The molecule has 2 heteroatoms. The average molecular weight is 745 g/mol. The Morgan fingerprint density at radius 1 is 0.491 bits per heavy atom. The molecular weight excluding hydrogens is 689 g/mol. The van der Waals surface area contributed by atoms with Crippen LogP contribution < -0.4 is 0 Å². The van der Waals surface area contributed by atoms with E-state index in [0.717, 1.165) is 35.4 Å². The predicted octanol–water partition coefficient (Wildman–Crippen LogP) is 15.2. The van der Waals surface area contributed by atoms with Gasteiger partial charge in [0.1, 0.15) is 0 Å². The second kappa shape index (κ2) is 17.3. The van der Waals surface area contributed by atoms with Gasteiger partial charge in [0.2, 0.25) is 0 Å². The van der Waals surface area contributed by atoms with Crippen molar-refractivity contribution in [2.24, 2.45) is 0 Å². The summed E-state index contributed by atoms with van der Waals surface area (Å²) >= 11 is 0. The van der Waals surface area contributed by atoms with Gasteiger partial charge in [-0.3, -0.25) is 9.97 Å². The van der Waals surface area contributed by atoms with Crippen LogP contribution in [0.15, 0.2) is 146 Å². The fraction of sp³-hybridized carbons (Fsp3) is 0.273. The lowest BCUT2D eigenvalue weighted by Gasteiger charge is -2.22. The lowest BCUT2D eigenvalue weighted by atomic mass is 9.83. The van der Waals surface area contributed by atoms with Crippen LogP contribution >= 0.6 is 0 Å². The molecule has 0 atom stereocenters. The van der Waals surface area contributed by atoms with Gasteiger partial charge < -0.3 is 0 Å². The summed E-state index contributed by atoms with van der Waals surface area (Å²) in [6.45, 7) is 11.2. The molecule has 286 valence electrons. The molecule has 0 radical (unpaired) electrons. The number of hydrogen-bond acceptors (Lipinski definition) is 2. The van der Waals surface area contributed by atoms with E-state index < -0.39 is 0 Å². The van der Waals surface area contributed by atoms with Gasteiger partial charge in [0.15, 0.2) is 0 Å². The SMILES string of the molecule is Cc1cc(CCc2ccc(-c3ccc(C(C)C)cn3)cc2)cc(-c2ccccc2-c2ccc(-c3cc(-c4ccc(C5CCCCC5)cc4)c(C(C)C)cn3)cc2)c1. The first-order chi connectivity index (χ1) is 27.8. The molecule has 0 saturated heterocycles. The quantitative estimate of drug-likeness (QED) is 0.132. The van der Waals surface area contributed by atoms with Crippen LogP contribution in [0.4, 0.5) is 0 Å². The zero-order valence-corrected chi connectivity index (χ0v) is 34.4. The molecule has 0 amide bonds. The molecule has 1 aliphatic rings. The van der Waals surface area contributed by atoms with Gasteiger partial charge in [0.05, 0.1) is 11.4 Å². The summed E-state index contributed by atoms with van der Waals surface area (Å²) < 4.78 is 0. The maximum absolute atomic E-state index is 5.00. The summed E-state index contributed by atoms with van der Waals surface area (Å²) in [6, 6.07) is 49.9. The Balaban J connectivity index is 0.998. The Bertz CT molecular complexity index is 2410. The van der Waals surface area contributed by atoms with Crippen molar-refractivity contribution < 1.29 is 0 Å². The summed E-state index contributed by atoms with van der Waals surface area (Å²) in [5.74, 6) is 1.60. The molecule has 0 N–H and O–H groups in total. The van der Waals surface area contributed by atoms with Crippen molar-refractivity contribution in [3.8, 4) is 55.9 Å². The van der Waals surface area contributed by atoms with Crippen molar-refractivity contribution >= 4 is 0 Å². The number of benzene rings is 5. The van der Waals surface area contributed by atoms with Crippen molar-refractivity contribution in [3.63, 3.8) is 0 Å². The normalized spacial score (nSPS) is 13.4. The third-order valence-corrected chi connectivity index (χ3v) is 12.1. The van der Waals surface area contributed by atoms with E-state index in [9.17, 15) is 0 Å². The van der Waals surface area contributed by atoms with Gasteiger partial charge in [-0.25, -0.2) is 0 Å². The molecule has 8 rings (SSSR count). The van der Waals surface area contributed by atoms with Crippen LogP contribution in [0.5, 0.6) is 0 Å². The molecule has 1 aliphatic carbocycles. The molecule has 0 spiro atoms. The second-order valence-corrected chi connectivity index (χ2v) is 16.9. The third kappa shape index (κ3) is 8.87. The first-order valence-electron chi connectivity index (χ1n) is 21.3. The minimum atomic E-state index is 0.392. The molecule has 1 fully saturated rings. The topological polar surface area (TPSA) is 25.8 Å². The Hall–Kier alpha value is -5.60. The smallest absolute Gasteiger partial charge is 0.0708 e. The molecule has 0 bridgehead atoms. The van der Waals surface area contributed by atoms with Gasteiger partial charge >= 0.3 is 0 Å². The van der Waals surface area contributed by atoms with E-state index in [1.54, 1.807) is 0 Å². The second-order valence-electron chi connectivity index (χ2n) is 16.9. The fourth-order valence-electron chi connectivity index (χ4n) is 8.72. The van der Waals surface area contributed by atoms with E-state index in [0.29, 0.717) is 17.8 Å². The standard InChI is InChI=1S/C55H56N2/c1-37(2)48-29-30-54(56-35-48)46-19-17-40(18-20-46)15-16-41-31-39(5)32-49(33-41)51-14-10-9-13-50(51)44-25-27-47(28-26-44)55-34-52(53(36-57-55)38(3)4)45-23-21-43(22-24-45)42-11-7-6-8-12-42/h9-10,13-14,17-38,42H,6-8,11-12,15-16H2,1-5H3. The van der Waals surface area contributed by atoms with Crippen molar-refractivity contribution in [1.82, 2.24) is 9.97 Å². The molecule has 0 aliphatic heterocycles. The van der Waals surface area contributed by atoms with Gasteiger partial charge in [-0.2, -0.15) is 0 Å². The highest BCUT2D eigenvalue weighted by Gasteiger charge is 2.17. The number of hydrogen-bond donors (Lipinski definition) is 0. The number of aryl methyl sites for hydroxylation is 3. The average Bonchev–Trinajstić information content (AvgIpc) is 3.26. The van der Waals surface area contributed by atoms with Crippen LogP contribution in [-0.4, -0.2) is 9.97 Å². The minimum absolute atomic E-state index is 0.392. The van der Waals surface area contributed by atoms with Crippen LogP contribution in [0, 0.1) is 6.92 Å². The van der Waals surface area contributed by atoms with E-state index in [1.165, 1.54) is 98.9 Å². The van der Waals surface area contributed by atoms with Gasteiger partial charge in [-0.1, -0.05) is 174 Å². The molecular formula is C55H56N2. The first-order valence-corrected chi connectivity index (χ1v) is 21.3. The van der Waals surface area contributed by atoms with Crippen molar-refractivity contribution in [2.45, 2.75) is 97.3 Å². The summed E-state index contributed by atoms with van der Waals surface area (Å²) in [5, 5.41) is 0. The van der Waals surface area contributed by atoms with Crippen LogP contribution in [0.1, 0.15) is 111 Å². The summed E-state index contributed by atoms with van der Waals surface area (Å²) in [6.07, 6.45) is 12.8. The first kappa shape index (κ1) is 38.3. The Morgan fingerprint density at radius 2 is 1.09 bits per heavy atom. The van der Waals surface area contributed by atoms with E-state index in [4.69, 9.17) is 9.97 Å². The van der Waals surface area contributed by atoms with E-state index >= 15 is 0 Å². The molecule has 2 nitrogen and oxygen atoms in total. The lowest BCUT2D eigenvalue weighted by molar-refractivity contribution is 0.443. The van der Waals surface area contributed by atoms with E-state index in [2.05, 4.69) is 174 Å². The summed E-state index contributed by atoms with van der Waals surface area (Å²) in [7, 11) is 0. The van der Waals surface area contributed by atoms with Crippen molar-refractivity contribution in [2.75, 3.05) is 0 Å². The molecule has 7 aromatic rings. The van der Waals surface area contributed by atoms with Gasteiger partial charge in [0, 0.05) is 23.5 Å². The van der Waals surface area contributed by atoms with Crippen LogP contribution in [0.3, 0.4) is 0 Å². The van der Waals surface area contributed by atoms with Crippen LogP contribution in [0.2, 0.25) is 0 Å². The molecule has 2 heterocycles. The number of nitrogens with zero attached hydrogens (tertiary/aromatic N) is 2. The molecule has 0 unspecified atom stereocenters. The van der Waals surface area contributed by atoms with Gasteiger partial charge in [0.25, 0.3) is 0 Å². The lowest BCUT2D eigenvalue weighted by Crippen LogP contribution is -2.04.